The van der Waals surface area contributed by atoms with Crippen LogP contribution in [0.4, 0.5) is 11.6 Å². The quantitative estimate of drug-likeness (QED) is 0.788. The number of thioether (sulfide) groups is 1. The number of anilines is 2. The first kappa shape index (κ1) is 15.7. The normalized spacial score (nSPS) is 23.7. The second-order valence-electron chi connectivity index (χ2n) is 6.44. The summed E-state index contributed by atoms with van der Waals surface area (Å²) in [5.74, 6) is 1.17. The van der Waals surface area contributed by atoms with Crippen LogP contribution in [0.1, 0.15) is 30.4 Å². The molecule has 3 heterocycles. The largest absolute Gasteiger partial charge is 0.383 e. The molecule has 126 valence electrons. The van der Waals surface area contributed by atoms with Crippen LogP contribution in [0.15, 0.2) is 35.5 Å². The molecule has 1 fully saturated rings. The lowest BCUT2D eigenvalue weighted by molar-refractivity contribution is 0.221. The van der Waals surface area contributed by atoms with Gasteiger partial charge in [-0.1, -0.05) is 36.4 Å². The van der Waals surface area contributed by atoms with Gasteiger partial charge in [0.2, 0.25) is 0 Å². The smallest absolute Gasteiger partial charge is 0.167 e. The average molecular weight is 342 g/mol. The van der Waals surface area contributed by atoms with Crippen molar-refractivity contribution in [3.63, 3.8) is 0 Å². The summed E-state index contributed by atoms with van der Waals surface area (Å²) < 4.78 is 0. The number of hydrogen-bond acceptors (Lipinski definition) is 7. The lowest BCUT2D eigenvalue weighted by atomic mass is 10.1. The van der Waals surface area contributed by atoms with E-state index in [0.717, 1.165) is 17.0 Å². The second-order valence-corrected chi connectivity index (χ2v) is 7.69. The van der Waals surface area contributed by atoms with Crippen LogP contribution in [0, 0.1) is 0 Å². The van der Waals surface area contributed by atoms with Gasteiger partial charge >= 0.3 is 0 Å². The molecule has 0 spiro atoms. The molecule has 24 heavy (non-hydrogen) atoms. The third-order valence-corrected chi connectivity index (χ3v) is 5.88. The number of likely N-dealkylation sites (tertiary alicyclic amines) is 1. The predicted molar refractivity (Wildman–Crippen MR) is 97.4 cm³/mol. The fraction of sp³-hybridized carbons (Fsp3) is 0.412. The summed E-state index contributed by atoms with van der Waals surface area (Å²) in [6, 6.07) is 8.48. The van der Waals surface area contributed by atoms with Crippen LogP contribution in [0.2, 0.25) is 0 Å². The SMILES string of the molecule is Nc1ncnc2c1SC(N)(c1cccc(CN3CCCCC3)c1)N2. The zero-order valence-electron chi connectivity index (χ0n) is 13.5. The first-order chi connectivity index (χ1) is 11.6. The number of nitrogen functional groups attached to an aromatic ring is 1. The van der Waals surface area contributed by atoms with E-state index < -0.39 is 4.99 Å². The fourth-order valence-electron chi connectivity index (χ4n) is 3.35. The number of nitrogens with one attached hydrogen (secondary N) is 1. The molecule has 0 amide bonds. The maximum atomic E-state index is 6.62. The van der Waals surface area contributed by atoms with Gasteiger partial charge in [0.25, 0.3) is 0 Å². The Labute approximate surface area is 146 Å². The molecule has 1 aromatic heterocycles. The summed E-state index contributed by atoms with van der Waals surface area (Å²) >= 11 is 1.48. The van der Waals surface area contributed by atoms with Crippen molar-refractivity contribution in [3.05, 3.63) is 41.7 Å². The molecule has 1 saturated heterocycles. The average Bonchev–Trinajstić information content (AvgIpc) is 2.95. The monoisotopic (exact) mass is 342 g/mol. The number of nitrogens with zero attached hydrogens (tertiary/aromatic N) is 3. The van der Waals surface area contributed by atoms with E-state index in [1.54, 1.807) is 0 Å². The van der Waals surface area contributed by atoms with E-state index in [-0.39, 0.29) is 0 Å². The highest BCUT2D eigenvalue weighted by molar-refractivity contribution is 8.01. The maximum Gasteiger partial charge on any atom is 0.167 e. The summed E-state index contributed by atoms with van der Waals surface area (Å²) in [4.78, 5) is 10.9. The molecule has 0 radical (unpaired) electrons. The van der Waals surface area contributed by atoms with Crippen molar-refractivity contribution in [2.75, 3.05) is 24.1 Å². The topological polar surface area (TPSA) is 93.1 Å². The minimum Gasteiger partial charge on any atom is -0.383 e. The standard InChI is InChI=1S/C17H22N6S/c18-15-14-16(21-11-20-15)22-17(19,24-14)13-6-4-5-12(9-13)10-23-7-2-1-3-8-23/h4-6,9,11H,1-3,7-8,10,19H2,(H3,18,20,21,22). The Morgan fingerprint density at radius 3 is 2.83 bits per heavy atom. The highest BCUT2D eigenvalue weighted by Gasteiger charge is 2.38. The van der Waals surface area contributed by atoms with Gasteiger partial charge in [-0.3, -0.25) is 10.6 Å². The van der Waals surface area contributed by atoms with Crippen molar-refractivity contribution >= 4 is 23.4 Å². The van der Waals surface area contributed by atoms with Crippen LogP contribution < -0.4 is 16.8 Å². The maximum absolute atomic E-state index is 6.62. The Morgan fingerprint density at radius 1 is 1.21 bits per heavy atom. The van der Waals surface area contributed by atoms with Gasteiger partial charge in [0.15, 0.2) is 4.99 Å². The lowest BCUT2D eigenvalue weighted by Gasteiger charge is -2.28. The summed E-state index contributed by atoms with van der Waals surface area (Å²) in [7, 11) is 0. The molecule has 0 bridgehead atoms. The van der Waals surface area contributed by atoms with Crippen LogP contribution >= 0.6 is 11.8 Å². The van der Waals surface area contributed by atoms with E-state index in [9.17, 15) is 0 Å². The van der Waals surface area contributed by atoms with E-state index in [1.165, 1.54) is 56.0 Å². The van der Waals surface area contributed by atoms with E-state index in [0.29, 0.717) is 11.6 Å². The van der Waals surface area contributed by atoms with Crippen molar-refractivity contribution in [1.82, 2.24) is 14.9 Å². The highest BCUT2D eigenvalue weighted by atomic mass is 32.2. The molecule has 7 heteroatoms. The van der Waals surface area contributed by atoms with Gasteiger partial charge in [-0.25, -0.2) is 9.97 Å². The van der Waals surface area contributed by atoms with Gasteiger partial charge in [0, 0.05) is 12.1 Å². The lowest BCUT2D eigenvalue weighted by Crippen LogP contribution is -2.38. The van der Waals surface area contributed by atoms with Crippen molar-refractivity contribution in [3.8, 4) is 0 Å². The van der Waals surface area contributed by atoms with Crippen molar-refractivity contribution in [1.29, 1.82) is 0 Å². The van der Waals surface area contributed by atoms with Gasteiger partial charge in [-0.15, -0.1) is 0 Å². The van der Waals surface area contributed by atoms with E-state index in [2.05, 4.69) is 44.5 Å². The van der Waals surface area contributed by atoms with E-state index in [4.69, 9.17) is 11.5 Å². The Morgan fingerprint density at radius 2 is 2.04 bits per heavy atom. The third kappa shape index (κ3) is 2.94. The number of benzene rings is 1. The van der Waals surface area contributed by atoms with Crippen LogP contribution in [-0.2, 0) is 11.5 Å². The van der Waals surface area contributed by atoms with Gasteiger partial charge in [0.05, 0.1) is 4.90 Å². The van der Waals surface area contributed by atoms with Crippen molar-refractivity contribution in [2.24, 2.45) is 5.73 Å². The molecule has 4 rings (SSSR count). The number of rotatable bonds is 3. The molecule has 1 atom stereocenters. The van der Waals surface area contributed by atoms with Gasteiger partial charge in [-0.2, -0.15) is 0 Å². The van der Waals surface area contributed by atoms with Crippen LogP contribution in [0.25, 0.3) is 0 Å². The molecule has 2 aliphatic rings. The van der Waals surface area contributed by atoms with Crippen LogP contribution in [-0.4, -0.2) is 28.0 Å². The highest BCUT2D eigenvalue weighted by Crippen LogP contribution is 2.48. The van der Waals surface area contributed by atoms with Gasteiger partial charge < -0.3 is 11.1 Å². The fourth-order valence-corrected chi connectivity index (χ4v) is 4.42. The molecular formula is C17H22N6S. The molecular weight excluding hydrogens is 320 g/mol. The number of fused-ring (bicyclic) bond motifs is 1. The van der Waals surface area contributed by atoms with E-state index in [1.807, 2.05) is 0 Å². The molecule has 0 saturated carbocycles. The number of piperidine rings is 1. The Bertz CT molecular complexity index is 746. The number of hydrogen-bond donors (Lipinski definition) is 3. The molecule has 5 N–H and O–H groups in total. The van der Waals surface area contributed by atoms with Gasteiger partial charge in [-0.05, 0) is 37.6 Å². The second kappa shape index (κ2) is 6.23. The minimum absolute atomic E-state index is 0.467. The van der Waals surface area contributed by atoms with Gasteiger partial charge in [0.1, 0.15) is 18.0 Å². The Hall–Kier alpha value is -1.83. The number of nitrogens with two attached hydrogens (primary N) is 2. The molecule has 0 aliphatic carbocycles. The molecule has 2 aliphatic heterocycles. The van der Waals surface area contributed by atoms with Crippen LogP contribution in [0.5, 0.6) is 0 Å². The molecule has 2 aromatic rings. The zero-order valence-corrected chi connectivity index (χ0v) is 14.4. The zero-order chi connectivity index (χ0) is 16.6. The third-order valence-electron chi connectivity index (χ3n) is 4.61. The summed E-state index contributed by atoms with van der Waals surface area (Å²) in [6.07, 6.45) is 5.40. The molecule has 1 aromatic carbocycles. The number of aromatic nitrogens is 2. The predicted octanol–water partition coefficient (Wildman–Crippen LogP) is 2.33. The Kier molecular flexibility index (Phi) is 4.07. The van der Waals surface area contributed by atoms with Crippen molar-refractivity contribution in [2.45, 2.75) is 35.7 Å². The summed E-state index contributed by atoms with van der Waals surface area (Å²) in [5, 5.41) is 3.29. The van der Waals surface area contributed by atoms with E-state index >= 15 is 0 Å². The molecule has 6 nitrogen and oxygen atoms in total. The van der Waals surface area contributed by atoms with Crippen LogP contribution in [0.3, 0.4) is 0 Å². The summed E-state index contributed by atoms with van der Waals surface area (Å²) in [5.41, 5.74) is 14.9. The summed E-state index contributed by atoms with van der Waals surface area (Å²) in [6.45, 7) is 3.34. The molecule has 1 unspecified atom stereocenters. The first-order valence-electron chi connectivity index (χ1n) is 8.32. The Balaban J connectivity index is 1.56. The van der Waals surface area contributed by atoms with Crippen molar-refractivity contribution < 1.29 is 0 Å². The first-order valence-corrected chi connectivity index (χ1v) is 9.14. The minimum atomic E-state index is -0.760.